The predicted molar refractivity (Wildman–Crippen MR) is 61.3 cm³/mol. The zero-order chi connectivity index (χ0) is 11.1. The summed E-state index contributed by atoms with van der Waals surface area (Å²) in [5.41, 5.74) is 0. The molecule has 1 fully saturated rings. The molecule has 0 N–H and O–H groups in total. The Morgan fingerprint density at radius 1 is 1.33 bits per heavy atom. The molecular weight excluding hydrogens is 188 g/mol. The van der Waals surface area contributed by atoms with Crippen molar-refractivity contribution >= 4 is 5.97 Å². The number of unbranched alkanes of at least 4 members (excludes halogenated alkanes) is 1. The highest BCUT2D eigenvalue weighted by molar-refractivity contribution is 5.70. The van der Waals surface area contributed by atoms with E-state index in [1.807, 2.05) is 0 Å². The molecule has 2 heteroatoms. The molecule has 0 aromatic carbocycles. The topological polar surface area (TPSA) is 26.3 Å². The number of hydrogen-bond donors (Lipinski definition) is 0. The predicted octanol–water partition coefficient (Wildman–Crippen LogP) is 3.50. The fourth-order valence-electron chi connectivity index (χ4n) is 2.28. The van der Waals surface area contributed by atoms with Gasteiger partial charge in [0, 0.05) is 6.42 Å². The Bertz CT molecular complexity index is 181. The van der Waals surface area contributed by atoms with Crippen molar-refractivity contribution in [2.75, 3.05) is 0 Å². The molecule has 0 saturated heterocycles. The third-order valence-corrected chi connectivity index (χ3v) is 3.26. The Labute approximate surface area is 93.4 Å². The Morgan fingerprint density at radius 2 is 2.00 bits per heavy atom. The number of rotatable bonds is 5. The number of ether oxygens (including phenoxy) is 1. The fourth-order valence-corrected chi connectivity index (χ4v) is 2.28. The summed E-state index contributed by atoms with van der Waals surface area (Å²) in [6.45, 7) is 5.77. The standard InChI is InChI=1S/C13H23O2/c1-3-5-6-11-7-9-12(10-8-11)15-13(14)4-2/h11-12H,2-10H2,1H3. The second-order valence-electron chi connectivity index (χ2n) is 4.52. The van der Waals surface area contributed by atoms with Crippen molar-refractivity contribution in [3.05, 3.63) is 6.92 Å². The Kier molecular flexibility index (Phi) is 5.74. The highest BCUT2D eigenvalue weighted by Crippen LogP contribution is 2.29. The van der Waals surface area contributed by atoms with E-state index < -0.39 is 0 Å². The second-order valence-corrected chi connectivity index (χ2v) is 4.52. The van der Waals surface area contributed by atoms with E-state index in [-0.39, 0.29) is 18.5 Å². The number of carbonyl (C=O) groups excluding carboxylic acids is 1. The molecule has 0 aliphatic heterocycles. The summed E-state index contributed by atoms with van der Waals surface area (Å²) in [5, 5.41) is 0. The maximum absolute atomic E-state index is 11.0. The molecule has 0 unspecified atom stereocenters. The van der Waals surface area contributed by atoms with E-state index >= 15 is 0 Å². The van der Waals surface area contributed by atoms with Crippen molar-refractivity contribution in [3.63, 3.8) is 0 Å². The Morgan fingerprint density at radius 3 is 2.53 bits per heavy atom. The van der Waals surface area contributed by atoms with Crippen LogP contribution in [-0.2, 0) is 9.53 Å². The summed E-state index contributed by atoms with van der Waals surface area (Å²) in [6.07, 6.45) is 8.99. The van der Waals surface area contributed by atoms with Crippen LogP contribution >= 0.6 is 0 Å². The van der Waals surface area contributed by atoms with Crippen LogP contribution in [0.2, 0.25) is 0 Å². The van der Waals surface area contributed by atoms with Gasteiger partial charge >= 0.3 is 5.97 Å². The minimum absolute atomic E-state index is 0.146. The van der Waals surface area contributed by atoms with Crippen LogP contribution in [0.25, 0.3) is 0 Å². The van der Waals surface area contributed by atoms with Gasteiger partial charge in [-0.05, 0) is 38.5 Å². The third-order valence-electron chi connectivity index (χ3n) is 3.26. The normalized spacial score (nSPS) is 26.3. The first-order chi connectivity index (χ1) is 7.26. The van der Waals surface area contributed by atoms with E-state index in [0.29, 0.717) is 0 Å². The average Bonchev–Trinajstić information content (AvgIpc) is 2.28. The SMILES string of the molecule is [CH2]CC(=O)OC1CCC(CCCC)CC1. The molecule has 1 aliphatic carbocycles. The quantitative estimate of drug-likeness (QED) is 0.650. The van der Waals surface area contributed by atoms with Crippen molar-refractivity contribution in [2.24, 2.45) is 5.92 Å². The van der Waals surface area contributed by atoms with E-state index in [0.717, 1.165) is 18.8 Å². The van der Waals surface area contributed by atoms with E-state index in [1.165, 1.54) is 32.1 Å². The Balaban J connectivity index is 2.15. The summed E-state index contributed by atoms with van der Waals surface area (Å²) in [4.78, 5) is 11.0. The maximum Gasteiger partial charge on any atom is 0.306 e. The minimum atomic E-state index is -0.146. The molecule has 87 valence electrons. The van der Waals surface area contributed by atoms with Gasteiger partial charge in [0.15, 0.2) is 0 Å². The zero-order valence-corrected chi connectivity index (χ0v) is 9.84. The first-order valence-electron chi connectivity index (χ1n) is 6.25. The lowest BCUT2D eigenvalue weighted by atomic mass is 9.84. The molecule has 0 heterocycles. The zero-order valence-electron chi connectivity index (χ0n) is 9.84. The number of carbonyl (C=O) groups is 1. The van der Waals surface area contributed by atoms with Gasteiger partial charge in [-0.1, -0.05) is 26.2 Å². The number of esters is 1. The molecule has 0 spiro atoms. The summed E-state index contributed by atoms with van der Waals surface area (Å²) >= 11 is 0. The molecular formula is C13H23O2. The second kappa shape index (κ2) is 6.86. The first kappa shape index (κ1) is 12.5. The van der Waals surface area contributed by atoms with Gasteiger partial charge in [0.05, 0.1) is 0 Å². The van der Waals surface area contributed by atoms with Crippen molar-refractivity contribution in [2.45, 2.75) is 64.4 Å². The summed E-state index contributed by atoms with van der Waals surface area (Å²) < 4.78 is 5.29. The summed E-state index contributed by atoms with van der Waals surface area (Å²) in [7, 11) is 0. The first-order valence-corrected chi connectivity index (χ1v) is 6.25. The van der Waals surface area contributed by atoms with Gasteiger partial charge in [-0.2, -0.15) is 0 Å². The van der Waals surface area contributed by atoms with Gasteiger partial charge in [0.2, 0.25) is 0 Å². The van der Waals surface area contributed by atoms with Crippen molar-refractivity contribution in [1.29, 1.82) is 0 Å². The lowest BCUT2D eigenvalue weighted by molar-refractivity contribution is -0.150. The van der Waals surface area contributed by atoms with E-state index in [2.05, 4.69) is 13.8 Å². The maximum atomic E-state index is 11.0. The smallest absolute Gasteiger partial charge is 0.306 e. The third kappa shape index (κ3) is 4.67. The molecule has 1 saturated carbocycles. The molecule has 0 aromatic heterocycles. The van der Waals surface area contributed by atoms with Gasteiger partial charge in [-0.25, -0.2) is 0 Å². The molecule has 0 bridgehead atoms. The molecule has 1 aliphatic rings. The average molecular weight is 211 g/mol. The van der Waals surface area contributed by atoms with Crippen LogP contribution in [0.15, 0.2) is 0 Å². The molecule has 2 nitrogen and oxygen atoms in total. The van der Waals surface area contributed by atoms with E-state index in [1.54, 1.807) is 0 Å². The monoisotopic (exact) mass is 211 g/mol. The van der Waals surface area contributed by atoms with Gasteiger partial charge < -0.3 is 4.74 Å². The fraction of sp³-hybridized carbons (Fsp3) is 0.846. The highest BCUT2D eigenvalue weighted by Gasteiger charge is 2.22. The van der Waals surface area contributed by atoms with E-state index in [9.17, 15) is 4.79 Å². The molecule has 0 amide bonds. The van der Waals surface area contributed by atoms with E-state index in [4.69, 9.17) is 4.74 Å². The lowest BCUT2D eigenvalue weighted by Gasteiger charge is -2.28. The van der Waals surface area contributed by atoms with Gasteiger partial charge in [0.1, 0.15) is 6.10 Å². The van der Waals surface area contributed by atoms with Gasteiger partial charge in [0.25, 0.3) is 0 Å². The van der Waals surface area contributed by atoms with Crippen LogP contribution < -0.4 is 0 Å². The summed E-state index contributed by atoms with van der Waals surface area (Å²) in [6, 6.07) is 0. The molecule has 1 rings (SSSR count). The molecule has 15 heavy (non-hydrogen) atoms. The van der Waals surface area contributed by atoms with Crippen LogP contribution in [0.3, 0.4) is 0 Å². The van der Waals surface area contributed by atoms with Crippen molar-refractivity contribution in [3.8, 4) is 0 Å². The lowest BCUT2D eigenvalue weighted by Crippen LogP contribution is -2.24. The molecule has 0 aromatic rings. The Hall–Kier alpha value is -0.530. The van der Waals surface area contributed by atoms with Crippen LogP contribution in [0, 0.1) is 12.8 Å². The highest BCUT2D eigenvalue weighted by atomic mass is 16.5. The van der Waals surface area contributed by atoms with Crippen LogP contribution in [0.5, 0.6) is 0 Å². The number of hydrogen-bond acceptors (Lipinski definition) is 2. The molecule has 1 radical (unpaired) electrons. The van der Waals surface area contributed by atoms with Crippen LogP contribution in [0.4, 0.5) is 0 Å². The van der Waals surface area contributed by atoms with Crippen LogP contribution in [-0.4, -0.2) is 12.1 Å². The largest absolute Gasteiger partial charge is 0.462 e. The minimum Gasteiger partial charge on any atom is -0.462 e. The molecule has 0 atom stereocenters. The summed E-state index contributed by atoms with van der Waals surface area (Å²) in [5.74, 6) is 0.728. The van der Waals surface area contributed by atoms with Gasteiger partial charge in [-0.3, -0.25) is 4.79 Å². The van der Waals surface area contributed by atoms with Gasteiger partial charge in [-0.15, -0.1) is 0 Å². The van der Waals surface area contributed by atoms with Crippen molar-refractivity contribution in [1.82, 2.24) is 0 Å². The van der Waals surface area contributed by atoms with Crippen molar-refractivity contribution < 1.29 is 9.53 Å². The van der Waals surface area contributed by atoms with Crippen LogP contribution in [0.1, 0.15) is 58.3 Å².